The van der Waals surface area contributed by atoms with Crippen LogP contribution in [0.4, 0.5) is 0 Å². The Morgan fingerprint density at radius 3 is 2.52 bits per heavy atom. The molecule has 3 rings (SSSR count). The molecule has 29 heavy (non-hydrogen) atoms. The van der Waals surface area contributed by atoms with Gasteiger partial charge in [0.2, 0.25) is 10.0 Å². The fourth-order valence-corrected chi connectivity index (χ4v) is 4.39. The van der Waals surface area contributed by atoms with E-state index in [0.29, 0.717) is 25.1 Å². The number of sulfonamides is 1. The van der Waals surface area contributed by atoms with Crippen molar-refractivity contribution in [2.24, 2.45) is 0 Å². The van der Waals surface area contributed by atoms with E-state index in [4.69, 9.17) is 0 Å². The van der Waals surface area contributed by atoms with Crippen molar-refractivity contribution in [1.82, 2.24) is 19.6 Å². The number of para-hydroxylation sites is 2. The number of aromatic nitrogens is 2. The summed E-state index contributed by atoms with van der Waals surface area (Å²) in [6, 6.07) is 13.7. The van der Waals surface area contributed by atoms with Crippen LogP contribution in [0.2, 0.25) is 0 Å². The Kier molecular flexibility index (Phi) is 6.34. The fraction of sp³-hybridized carbons (Fsp3) is 0.333. The van der Waals surface area contributed by atoms with Gasteiger partial charge in [0, 0.05) is 24.7 Å². The third-order valence-electron chi connectivity index (χ3n) is 4.86. The summed E-state index contributed by atoms with van der Waals surface area (Å²) in [5, 5.41) is 2.88. The van der Waals surface area contributed by atoms with E-state index in [1.54, 1.807) is 0 Å². The zero-order valence-electron chi connectivity index (χ0n) is 16.8. The summed E-state index contributed by atoms with van der Waals surface area (Å²) < 4.78 is 29.3. The molecule has 0 saturated carbocycles. The van der Waals surface area contributed by atoms with Gasteiger partial charge in [0.25, 0.3) is 5.91 Å². The SMILES string of the molecule is CCC(C)NS(=O)(=O)c1ccc(C(=O)NCCn2c(C)nc3ccccc32)cc1. The number of carbonyl (C=O) groups is 1. The van der Waals surface area contributed by atoms with E-state index in [9.17, 15) is 13.2 Å². The number of amides is 1. The van der Waals surface area contributed by atoms with E-state index in [-0.39, 0.29) is 16.8 Å². The van der Waals surface area contributed by atoms with E-state index in [2.05, 4.69) is 19.6 Å². The van der Waals surface area contributed by atoms with Crippen molar-refractivity contribution >= 4 is 27.0 Å². The standard InChI is InChI=1S/C21H26N4O3S/c1-4-15(2)24-29(27,28)18-11-9-17(10-12-18)21(26)22-13-14-25-16(3)23-19-7-5-6-8-20(19)25/h5-12,15,24H,4,13-14H2,1-3H3,(H,22,26). The number of nitrogens with zero attached hydrogens (tertiary/aromatic N) is 2. The molecule has 0 fully saturated rings. The minimum absolute atomic E-state index is 0.148. The Morgan fingerprint density at radius 1 is 1.14 bits per heavy atom. The Balaban J connectivity index is 1.62. The average molecular weight is 415 g/mol. The maximum absolute atomic E-state index is 12.4. The monoisotopic (exact) mass is 414 g/mol. The molecule has 0 bridgehead atoms. The molecular weight excluding hydrogens is 388 g/mol. The van der Waals surface area contributed by atoms with Gasteiger partial charge in [-0.3, -0.25) is 4.79 Å². The largest absolute Gasteiger partial charge is 0.350 e. The molecule has 1 atom stereocenters. The summed E-state index contributed by atoms with van der Waals surface area (Å²) in [5.74, 6) is 0.648. The lowest BCUT2D eigenvalue weighted by Gasteiger charge is -2.12. The van der Waals surface area contributed by atoms with Crippen LogP contribution >= 0.6 is 0 Å². The summed E-state index contributed by atoms with van der Waals surface area (Å²) in [5.41, 5.74) is 2.38. The van der Waals surface area contributed by atoms with Crippen LogP contribution in [0.3, 0.4) is 0 Å². The molecule has 0 saturated heterocycles. The van der Waals surface area contributed by atoms with Gasteiger partial charge in [-0.15, -0.1) is 0 Å². The van der Waals surface area contributed by atoms with Gasteiger partial charge >= 0.3 is 0 Å². The van der Waals surface area contributed by atoms with E-state index in [1.165, 1.54) is 24.3 Å². The van der Waals surface area contributed by atoms with Gasteiger partial charge in [-0.1, -0.05) is 19.1 Å². The second-order valence-corrected chi connectivity index (χ2v) is 8.72. The normalized spacial score (nSPS) is 12.8. The number of nitrogens with one attached hydrogen (secondary N) is 2. The van der Waals surface area contributed by atoms with Crippen molar-refractivity contribution in [2.75, 3.05) is 6.54 Å². The van der Waals surface area contributed by atoms with Crippen LogP contribution in [0.25, 0.3) is 11.0 Å². The summed E-state index contributed by atoms with van der Waals surface area (Å²) in [6.45, 7) is 6.70. The van der Waals surface area contributed by atoms with Gasteiger partial charge in [0.05, 0.1) is 15.9 Å². The molecule has 0 spiro atoms. The lowest BCUT2D eigenvalue weighted by molar-refractivity contribution is 0.0952. The van der Waals surface area contributed by atoms with Gasteiger partial charge in [-0.2, -0.15) is 0 Å². The van der Waals surface area contributed by atoms with Crippen LogP contribution in [0.1, 0.15) is 36.5 Å². The van der Waals surface area contributed by atoms with Crippen LogP contribution in [0.15, 0.2) is 53.4 Å². The number of aryl methyl sites for hydroxylation is 1. The van der Waals surface area contributed by atoms with Crippen LogP contribution in [-0.4, -0.2) is 36.5 Å². The second-order valence-electron chi connectivity index (χ2n) is 7.01. The highest BCUT2D eigenvalue weighted by atomic mass is 32.2. The zero-order valence-corrected chi connectivity index (χ0v) is 17.7. The molecule has 1 amide bonds. The number of hydrogen-bond acceptors (Lipinski definition) is 4. The van der Waals surface area contributed by atoms with Crippen molar-refractivity contribution in [1.29, 1.82) is 0 Å². The Labute approximate surface area is 171 Å². The lowest BCUT2D eigenvalue weighted by atomic mass is 10.2. The second kappa shape index (κ2) is 8.75. The first-order chi connectivity index (χ1) is 13.8. The molecule has 2 aromatic carbocycles. The molecule has 0 aliphatic carbocycles. The summed E-state index contributed by atoms with van der Waals surface area (Å²) in [6.07, 6.45) is 0.700. The van der Waals surface area contributed by atoms with E-state index < -0.39 is 10.0 Å². The highest BCUT2D eigenvalue weighted by molar-refractivity contribution is 7.89. The first kappa shape index (κ1) is 21.0. The first-order valence-corrected chi connectivity index (χ1v) is 11.1. The minimum atomic E-state index is -3.58. The van der Waals surface area contributed by atoms with Gasteiger partial charge in [0.15, 0.2) is 0 Å². The molecule has 3 aromatic rings. The number of benzene rings is 2. The van der Waals surface area contributed by atoms with E-state index >= 15 is 0 Å². The predicted molar refractivity (Wildman–Crippen MR) is 113 cm³/mol. The summed E-state index contributed by atoms with van der Waals surface area (Å²) in [7, 11) is -3.58. The van der Waals surface area contributed by atoms with Crippen LogP contribution in [0.5, 0.6) is 0 Å². The molecule has 0 aliphatic heterocycles. The van der Waals surface area contributed by atoms with Gasteiger partial charge in [-0.25, -0.2) is 18.1 Å². The molecule has 1 unspecified atom stereocenters. The average Bonchev–Trinajstić information content (AvgIpc) is 3.03. The molecule has 2 N–H and O–H groups in total. The van der Waals surface area contributed by atoms with E-state index in [0.717, 1.165) is 16.9 Å². The molecule has 7 nitrogen and oxygen atoms in total. The molecule has 1 aromatic heterocycles. The highest BCUT2D eigenvalue weighted by Gasteiger charge is 2.17. The molecular formula is C21H26N4O3S. The minimum Gasteiger partial charge on any atom is -0.350 e. The highest BCUT2D eigenvalue weighted by Crippen LogP contribution is 2.15. The Bertz CT molecular complexity index is 1100. The molecule has 1 heterocycles. The number of hydrogen-bond donors (Lipinski definition) is 2. The molecule has 8 heteroatoms. The van der Waals surface area contributed by atoms with Crippen LogP contribution in [0, 0.1) is 6.92 Å². The number of rotatable bonds is 8. The van der Waals surface area contributed by atoms with Crippen molar-refractivity contribution in [2.45, 2.75) is 44.7 Å². The van der Waals surface area contributed by atoms with Crippen molar-refractivity contribution < 1.29 is 13.2 Å². The van der Waals surface area contributed by atoms with Crippen molar-refractivity contribution in [3.63, 3.8) is 0 Å². The van der Waals surface area contributed by atoms with Crippen molar-refractivity contribution in [3.05, 3.63) is 59.9 Å². The topological polar surface area (TPSA) is 93.1 Å². The maximum Gasteiger partial charge on any atom is 0.251 e. The lowest BCUT2D eigenvalue weighted by Crippen LogP contribution is -2.32. The third kappa shape index (κ3) is 4.83. The molecule has 154 valence electrons. The zero-order chi connectivity index (χ0) is 21.0. The Morgan fingerprint density at radius 2 is 1.83 bits per heavy atom. The van der Waals surface area contributed by atoms with Gasteiger partial charge in [0.1, 0.15) is 5.82 Å². The summed E-state index contributed by atoms with van der Waals surface area (Å²) >= 11 is 0. The fourth-order valence-electron chi connectivity index (χ4n) is 3.06. The summed E-state index contributed by atoms with van der Waals surface area (Å²) in [4.78, 5) is 17.1. The molecule has 0 radical (unpaired) electrons. The van der Waals surface area contributed by atoms with Gasteiger partial charge < -0.3 is 9.88 Å². The number of carbonyl (C=O) groups excluding carboxylic acids is 1. The van der Waals surface area contributed by atoms with Crippen LogP contribution in [-0.2, 0) is 16.6 Å². The van der Waals surface area contributed by atoms with E-state index in [1.807, 2.05) is 45.0 Å². The quantitative estimate of drug-likeness (QED) is 0.593. The smallest absolute Gasteiger partial charge is 0.251 e. The van der Waals surface area contributed by atoms with Gasteiger partial charge in [-0.05, 0) is 56.7 Å². The third-order valence-corrected chi connectivity index (χ3v) is 6.47. The number of fused-ring (bicyclic) bond motifs is 1. The molecule has 0 aliphatic rings. The van der Waals surface area contributed by atoms with Crippen molar-refractivity contribution in [3.8, 4) is 0 Å². The predicted octanol–water partition coefficient (Wildman–Crippen LogP) is 2.85. The Hall–Kier alpha value is -2.71. The first-order valence-electron chi connectivity index (χ1n) is 9.64. The van der Waals surface area contributed by atoms with Crippen LogP contribution < -0.4 is 10.0 Å². The maximum atomic E-state index is 12.4. The number of imidazole rings is 1.